The van der Waals surface area contributed by atoms with E-state index in [-0.39, 0.29) is 0 Å². The molecular formula is C22H26O3. The topological polar surface area (TPSA) is 43.4 Å². The van der Waals surface area contributed by atoms with E-state index in [1.54, 1.807) is 18.2 Å². The van der Waals surface area contributed by atoms with E-state index in [1.165, 1.54) is 31.2 Å². The van der Waals surface area contributed by atoms with Crippen molar-refractivity contribution in [1.82, 2.24) is 0 Å². The Morgan fingerprint density at radius 1 is 0.760 bits per heavy atom. The van der Waals surface area contributed by atoms with Gasteiger partial charge in [0.1, 0.15) is 12.0 Å². The predicted octanol–water partition coefficient (Wildman–Crippen LogP) is 5.27. The van der Waals surface area contributed by atoms with Gasteiger partial charge in [-0.25, -0.2) is 0 Å². The first kappa shape index (κ1) is 18.9. The number of carbonyl (C=O) groups excluding carboxylic acids is 2. The minimum atomic E-state index is 0.436. The zero-order valence-corrected chi connectivity index (χ0v) is 14.7. The first-order chi connectivity index (χ1) is 12.3. The first-order valence-corrected chi connectivity index (χ1v) is 9.04. The maximum absolute atomic E-state index is 11.0. The van der Waals surface area contributed by atoms with Gasteiger partial charge in [-0.05, 0) is 43.0 Å². The van der Waals surface area contributed by atoms with Crippen molar-refractivity contribution in [2.24, 2.45) is 0 Å². The van der Waals surface area contributed by atoms with Crippen LogP contribution in [0.2, 0.25) is 0 Å². The van der Waals surface area contributed by atoms with Gasteiger partial charge in [0.05, 0.1) is 12.2 Å². The van der Waals surface area contributed by atoms with E-state index >= 15 is 0 Å². The number of hydrogen-bond donors (Lipinski definition) is 0. The number of benzene rings is 2. The first-order valence-electron chi connectivity index (χ1n) is 9.04. The lowest BCUT2D eigenvalue weighted by Gasteiger charge is -2.08. The van der Waals surface area contributed by atoms with Gasteiger partial charge in [-0.15, -0.1) is 0 Å². The van der Waals surface area contributed by atoms with Crippen LogP contribution in [0.3, 0.4) is 0 Å². The largest absolute Gasteiger partial charge is 0.493 e. The van der Waals surface area contributed by atoms with Gasteiger partial charge in [-0.1, -0.05) is 56.0 Å². The Hall–Kier alpha value is -2.42. The second-order valence-electron chi connectivity index (χ2n) is 6.24. The van der Waals surface area contributed by atoms with Crippen LogP contribution in [-0.2, 0) is 6.42 Å². The van der Waals surface area contributed by atoms with Crippen molar-refractivity contribution in [3.05, 3.63) is 65.2 Å². The van der Waals surface area contributed by atoms with Crippen LogP contribution in [0.25, 0.3) is 0 Å². The molecule has 0 radical (unpaired) electrons. The second-order valence-corrected chi connectivity index (χ2v) is 6.24. The summed E-state index contributed by atoms with van der Waals surface area (Å²) in [6.07, 6.45) is 9.70. The molecule has 25 heavy (non-hydrogen) atoms. The van der Waals surface area contributed by atoms with Crippen LogP contribution in [0.4, 0.5) is 0 Å². The van der Waals surface area contributed by atoms with E-state index in [2.05, 4.69) is 30.3 Å². The molecule has 0 spiro atoms. The Balaban J connectivity index is 1.53. The van der Waals surface area contributed by atoms with Gasteiger partial charge in [-0.3, -0.25) is 9.59 Å². The highest BCUT2D eigenvalue weighted by Gasteiger charge is 2.04. The van der Waals surface area contributed by atoms with Crippen molar-refractivity contribution in [1.29, 1.82) is 0 Å². The summed E-state index contributed by atoms with van der Waals surface area (Å²) < 4.78 is 5.67. The van der Waals surface area contributed by atoms with E-state index < -0.39 is 0 Å². The smallest absolute Gasteiger partial charge is 0.153 e. The Bertz CT molecular complexity index is 650. The maximum Gasteiger partial charge on any atom is 0.153 e. The Morgan fingerprint density at radius 3 is 2.20 bits per heavy atom. The molecule has 2 rings (SSSR count). The standard InChI is InChI=1S/C22H26O3/c23-17-20-13-14-22(21(16-20)18-24)25-15-9-4-2-1-3-6-10-19-11-7-5-8-12-19/h5,7-8,11-14,16-18H,1-4,6,9-10,15H2. The lowest BCUT2D eigenvalue weighted by Crippen LogP contribution is -2.00. The quantitative estimate of drug-likeness (QED) is 0.391. The SMILES string of the molecule is O=Cc1ccc(OCCCCCCCCc2ccccc2)c(C=O)c1. The van der Waals surface area contributed by atoms with E-state index in [4.69, 9.17) is 4.74 Å². The monoisotopic (exact) mass is 338 g/mol. The van der Waals surface area contributed by atoms with Gasteiger partial charge in [0, 0.05) is 5.56 Å². The predicted molar refractivity (Wildman–Crippen MR) is 101 cm³/mol. The zero-order chi connectivity index (χ0) is 17.7. The lowest BCUT2D eigenvalue weighted by atomic mass is 10.1. The molecule has 0 aliphatic heterocycles. The Kier molecular flexibility index (Phi) is 8.46. The number of rotatable bonds is 12. The highest BCUT2D eigenvalue weighted by molar-refractivity contribution is 5.84. The van der Waals surface area contributed by atoms with Gasteiger partial charge >= 0.3 is 0 Å². The number of aldehydes is 2. The van der Waals surface area contributed by atoms with Crippen molar-refractivity contribution in [3.63, 3.8) is 0 Å². The van der Waals surface area contributed by atoms with Gasteiger partial charge in [0.25, 0.3) is 0 Å². The molecule has 2 aromatic carbocycles. The molecule has 3 heteroatoms. The highest BCUT2D eigenvalue weighted by Crippen LogP contribution is 2.18. The van der Waals surface area contributed by atoms with Gasteiger partial charge in [0.15, 0.2) is 6.29 Å². The third-order valence-corrected chi connectivity index (χ3v) is 4.26. The minimum Gasteiger partial charge on any atom is -0.493 e. The van der Waals surface area contributed by atoms with Crippen molar-refractivity contribution >= 4 is 12.6 Å². The van der Waals surface area contributed by atoms with E-state index in [0.29, 0.717) is 23.5 Å². The summed E-state index contributed by atoms with van der Waals surface area (Å²) in [4.78, 5) is 21.8. The average molecular weight is 338 g/mol. The Morgan fingerprint density at radius 2 is 1.48 bits per heavy atom. The molecule has 0 saturated heterocycles. The maximum atomic E-state index is 11.0. The zero-order valence-electron chi connectivity index (χ0n) is 14.7. The fourth-order valence-electron chi connectivity index (χ4n) is 2.83. The van der Waals surface area contributed by atoms with Crippen LogP contribution < -0.4 is 4.74 Å². The van der Waals surface area contributed by atoms with Gasteiger partial charge in [-0.2, -0.15) is 0 Å². The molecule has 3 nitrogen and oxygen atoms in total. The second kappa shape index (κ2) is 11.2. The third kappa shape index (κ3) is 6.92. The molecule has 132 valence electrons. The summed E-state index contributed by atoms with van der Waals surface area (Å²) in [5, 5.41) is 0. The summed E-state index contributed by atoms with van der Waals surface area (Å²) in [5.74, 6) is 0.559. The molecular weight excluding hydrogens is 312 g/mol. The Labute approximate surface area is 150 Å². The molecule has 0 fully saturated rings. The summed E-state index contributed by atoms with van der Waals surface area (Å²) in [6, 6.07) is 15.5. The summed E-state index contributed by atoms with van der Waals surface area (Å²) in [6.45, 7) is 0.602. The molecule has 0 saturated carbocycles. The van der Waals surface area contributed by atoms with Crippen molar-refractivity contribution in [3.8, 4) is 5.75 Å². The lowest BCUT2D eigenvalue weighted by molar-refractivity contribution is 0.111. The molecule has 0 heterocycles. The van der Waals surface area contributed by atoms with E-state index in [0.717, 1.165) is 31.8 Å². The number of aryl methyl sites for hydroxylation is 1. The molecule has 0 N–H and O–H groups in total. The van der Waals surface area contributed by atoms with Crippen LogP contribution in [-0.4, -0.2) is 19.2 Å². The minimum absolute atomic E-state index is 0.436. The molecule has 0 unspecified atom stereocenters. The fourth-order valence-corrected chi connectivity index (χ4v) is 2.83. The van der Waals surface area contributed by atoms with Crippen LogP contribution >= 0.6 is 0 Å². The van der Waals surface area contributed by atoms with Gasteiger partial charge in [0.2, 0.25) is 0 Å². The molecule has 0 aromatic heterocycles. The number of carbonyl (C=O) groups is 2. The van der Waals surface area contributed by atoms with Crippen LogP contribution in [0.5, 0.6) is 5.75 Å². The summed E-state index contributed by atoms with van der Waals surface area (Å²) in [7, 11) is 0. The molecule has 0 amide bonds. The number of hydrogen-bond acceptors (Lipinski definition) is 3. The van der Waals surface area contributed by atoms with E-state index in [9.17, 15) is 9.59 Å². The van der Waals surface area contributed by atoms with Crippen LogP contribution in [0.15, 0.2) is 48.5 Å². The number of unbranched alkanes of at least 4 members (excludes halogenated alkanes) is 5. The van der Waals surface area contributed by atoms with Crippen molar-refractivity contribution in [2.75, 3.05) is 6.61 Å². The van der Waals surface area contributed by atoms with Crippen LogP contribution in [0.1, 0.15) is 64.8 Å². The molecule has 0 atom stereocenters. The summed E-state index contributed by atoms with van der Waals surface area (Å²) in [5.41, 5.74) is 2.35. The third-order valence-electron chi connectivity index (χ3n) is 4.26. The summed E-state index contributed by atoms with van der Waals surface area (Å²) >= 11 is 0. The molecule has 0 aliphatic carbocycles. The van der Waals surface area contributed by atoms with Gasteiger partial charge < -0.3 is 4.74 Å². The average Bonchev–Trinajstić information content (AvgIpc) is 2.67. The van der Waals surface area contributed by atoms with Crippen LogP contribution in [0, 0.1) is 0 Å². The molecule has 0 aliphatic rings. The normalized spacial score (nSPS) is 10.4. The van der Waals surface area contributed by atoms with Crippen molar-refractivity contribution < 1.29 is 14.3 Å². The highest BCUT2D eigenvalue weighted by atomic mass is 16.5. The van der Waals surface area contributed by atoms with E-state index in [1.807, 2.05) is 0 Å². The molecule has 0 bridgehead atoms. The molecule has 2 aromatic rings. The van der Waals surface area contributed by atoms with Crippen molar-refractivity contribution in [2.45, 2.75) is 44.9 Å². The number of ether oxygens (including phenoxy) is 1. The fraction of sp³-hybridized carbons (Fsp3) is 0.364.